The van der Waals surface area contributed by atoms with Gasteiger partial charge >= 0.3 is 0 Å². The molecule has 0 saturated heterocycles. The minimum Gasteiger partial charge on any atom is -0.495 e. The van der Waals surface area contributed by atoms with Crippen LogP contribution in [0, 0.1) is 0 Å². The molecule has 170 valence electrons. The molecule has 2 aromatic carbocycles. The summed E-state index contributed by atoms with van der Waals surface area (Å²) in [5, 5.41) is 6.15. The second-order valence-corrected chi connectivity index (χ2v) is 9.33. The van der Waals surface area contributed by atoms with E-state index in [9.17, 15) is 0 Å². The zero-order chi connectivity index (χ0) is 22.5. The number of aryl methyl sites for hydroxylation is 1. The Morgan fingerprint density at radius 3 is 2.62 bits per heavy atom. The Balaban J connectivity index is 1.66. The summed E-state index contributed by atoms with van der Waals surface area (Å²) >= 11 is 12.2. The Morgan fingerprint density at radius 1 is 1.16 bits per heavy atom. The second-order valence-electron chi connectivity index (χ2n) is 8.51. The quantitative estimate of drug-likeness (QED) is 0.304. The van der Waals surface area contributed by atoms with Gasteiger partial charge in [0, 0.05) is 47.3 Å². The molecule has 1 aromatic heterocycles. The van der Waals surface area contributed by atoms with Gasteiger partial charge in [0.2, 0.25) is 0 Å². The largest absolute Gasteiger partial charge is 0.495 e. The maximum absolute atomic E-state index is 6.16. The van der Waals surface area contributed by atoms with E-state index in [0.717, 1.165) is 23.9 Å². The number of nitrogens with zero attached hydrogens (tertiary/aromatic N) is 2. The molecule has 6 heteroatoms. The van der Waals surface area contributed by atoms with Crippen molar-refractivity contribution in [2.45, 2.75) is 64.6 Å². The van der Waals surface area contributed by atoms with Gasteiger partial charge in [0.1, 0.15) is 5.75 Å². The highest BCUT2D eigenvalue weighted by Crippen LogP contribution is 2.31. The lowest BCUT2D eigenvalue weighted by Crippen LogP contribution is -2.42. The number of hydrogen-bond donors (Lipinski definition) is 1. The summed E-state index contributed by atoms with van der Waals surface area (Å²) in [5.74, 6) is 0.697. The molecule has 1 N–H and O–H groups in total. The van der Waals surface area contributed by atoms with Gasteiger partial charge in [0.25, 0.3) is 0 Å². The fourth-order valence-electron chi connectivity index (χ4n) is 4.79. The van der Waals surface area contributed by atoms with Crippen LogP contribution in [0.5, 0.6) is 5.75 Å². The summed E-state index contributed by atoms with van der Waals surface area (Å²) < 4.78 is 7.87. The lowest BCUT2D eigenvalue weighted by atomic mass is 10.1. The Hall–Kier alpha value is -2.24. The molecule has 0 radical (unpaired) electrons. The predicted octanol–water partition coefficient (Wildman–Crippen LogP) is 7.25. The lowest BCUT2D eigenvalue weighted by Gasteiger charge is -2.34. The van der Waals surface area contributed by atoms with Gasteiger partial charge in [-0.1, -0.05) is 55.5 Å². The number of hydrogen-bond acceptors (Lipinski definition) is 2. The number of halogens is 1. The highest BCUT2D eigenvalue weighted by molar-refractivity contribution is 7.80. The molecule has 0 aliphatic heterocycles. The molecule has 0 atom stereocenters. The van der Waals surface area contributed by atoms with E-state index in [1.165, 1.54) is 55.0 Å². The van der Waals surface area contributed by atoms with E-state index in [-0.39, 0.29) is 0 Å². The van der Waals surface area contributed by atoms with Crippen molar-refractivity contribution in [3.63, 3.8) is 0 Å². The van der Waals surface area contributed by atoms with Crippen molar-refractivity contribution in [2.75, 3.05) is 12.4 Å². The molecule has 1 aliphatic carbocycles. The smallest absolute Gasteiger partial charge is 0.174 e. The molecule has 1 heterocycles. The van der Waals surface area contributed by atoms with Crippen molar-refractivity contribution in [1.29, 1.82) is 0 Å². The van der Waals surface area contributed by atoms with Crippen LogP contribution in [0.1, 0.15) is 51.0 Å². The fraction of sp³-hybridized carbons (Fsp3) is 0.423. The lowest BCUT2D eigenvalue weighted by molar-refractivity contribution is 0.280. The van der Waals surface area contributed by atoms with Crippen LogP contribution in [-0.2, 0) is 13.1 Å². The number of nitrogens with one attached hydrogen (secondary N) is 1. The van der Waals surface area contributed by atoms with Crippen molar-refractivity contribution in [3.05, 3.63) is 59.2 Å². The molecule has 4 nitrogen and oxygen atoms in total. The Labute approximate surface area is 201 Å². The molecule has 0 spiro atoms. The van der Waals surface area contributed by atoms with Gasteiger partial charge in [-0.3, -0.25) is 0 Å². The minimum absolute atomic E-state index is 0.430. The van der Waals surface area contributed by atoms with Crippen LogP contribution in [0.25, 0.3) is 10.9 Å². The van der Waals surface area contributed by atoms with Crippen molar-refractivity contribution >= 4 is 45.5 Å². The van der Waals surface area contributed by atoms with E-state index < -0.39 is 0 Å². The Morgan fingerprint density at radius 2 is 1.91 bits per heavy atom. The van der Waals surface area contributed by atoms with Crippen molar-refractivity contribution in [1.82, 2.24) is 9.47 Å². The molecule has 1 aliphatic rings. The van der Waals surface area contributed by atoms with Crippen LogP contribution >= 0.6 is 23.8 Å². The molecule has 0 amide bonds. The molecular weight excluding hydrogens is 438 g/mol. The zero-order valence-electron chi connectivity index (χ0n) is 18.9. The first-order chi connectivity index (χ1) is 15.6. The molecule has 32 heavy (non-hydrogen) atoms. The Kier molecular flexibility index (Phi) is 7.59. The van der Waals surface area contributed by atoms with E-state index in [1.807, 2.05) is 18.2 Å². The summed E-state index contributed by atoms with van der Waals surface area (Å²) in [5.41, 5.74) is 3.44. The predicted molar refractivity (Wildman–Crippen MR) is 139 cm³/mol. The second kappa shape index (κ2) is 10.6. The van der Waals surface area contributed by atoms with Gasteiger partial charge in [-0.2, -0.15) is 0 Å². The average molecular weight is 470 g/mol. The molecule has 1 saturated carbocycles. The average Bonchev–Trinajstić information content (AvgIpc) is 2.96. The van der Waals surface area contributed by atoms with Crippen molar-refractivity contribution < 1.29 is 4.74 Å². The maximum atomic E-state index is 6.16. The van der Waals surface area contributed by atoms with Crippen LogP contribution < -0.4 is 10.1 Å². The standard InChI is InChI=1S/C26H32ClN3OS/c1-3-29-17-19(22-12-8-9-13-24(22)29)18-30(21-10-6-4-5-7-11-21)26(32)28-23-15-14-20(27)16-25(23)31-2/h8-9,12-17,21H,3-7,10-11,18H2,1-2H3,(H,28,32). The van der Waals surface area contributed by atoms with Crippen LogP contribution in [0.15, 0.2) is 48.7 Å². The topological polar surface area (TPSA) is 29.4 Å². The normalized spacial score (nSPS) is 14.8. The summed E-state index contributed by atoms with van der Waals surface area (Å²) in [4.78, 5) is 2.40. The van der Waals surface area contributed by atoms with E-state index in [1.54, 1.807) is 7.11 Å². The maximum Gasteiger partial charge on any atom is 0.174 e. The number of rotatable bonds is 6. The van der Waals surface area contributed by atoms with Crippen LogP contribution in [0.3, 0.4) is 0 Å². The highest BCUT2D eigenvalue weighted by atomic mass is 35.5. The first-order valence-electron chi connectivity index (χ1n) is 11.6. The number of anilines is 1. The number of ether oxygens (including phenoxy) is 1. The van der Waals surface area contributed by atoms with Crippen LogP contribution in [-0.4, -0.2) is 27.7 Å². The Bertz CT molecular complexity index is 1070. The SMILES string of the molecule is CCn1cc(CN(C(=S)Nc2ccc(Cl)cc2OC)C2CCCCCC2)c2ccccc21. The fourth-order valence-corrected chi connectivity index (χ4v) is 5.27. The molecule has 1 fully saturated rings. The number of methoxy groups -OCH3 is 1. The molecular formula is C26H32ClN3OS. The van der Waals surface area contributed by atoms with E-state index in [2.05, 4.69) is 52.2 Å². The number of thiocarbonyl (C=S) groups is 1. The summed E-state index contributed by atoms with van der Waals surface area (Å²) in [6, 6.07) is 14.7. The van der Waals surface area contributed by atoms with Gasteiger partial charge in [-0.05, 0) is 55.7 Å². The number of para-hydroxylation sites is 1. The molecule has 0 bridgehead atoms. The van der Waals surface area contributed by atoms with Crippen molar-refractivity contribution in [3.8, 4) is 5.75 Å². The monoisotopic (exact) mass is 469 g/mol. The van der Waals surface area contributed by atoms with E-state index >= 15 is 0 Å². The summed E-state index contributed by atoms with van der Waals surface area (Å²) in [7, 11) is 1.66. The third-order valence-corrected chi connectivity index (χ3v) is 7.06. The molecule has 3 aromatic rings. The van der Waals surface area contributed by atoms with Crippen molar-refractivity contribution in [2.24, 2.45) is 0 Å². The van der Waals surface area contributed by atoms with E-state index in [4.69, 9.17) is 28.6 Å². The summed E-state index contributed by atoms with van der Waals surface area (Å²) in [6.45, 7) is 3.94. The highest BCUT2D eigenvalue weighted by Gasteiger charge is 2.24. The van der Waals surface area contributed by atoms with Crippen LogP contribution in [0.4, 0.5) is 5.69 Å². The first kappa shape index (κ1) is 22.9. The number of aromatic nitrogens is 1. The van der Waals surface area contributed by atoms with Gasteiger partial charge in [-0.25, -0.2) is 0 Å². The van der Waals surface area contributed by atoms with Gasteiger partial charge in [-0.15, -0.1) is 0 Å². The number of fused-ring (bicyclic) bond motifs is 1. The minimum atomic E-state index is 0.430. The third-order valence-electron chi connectivity index (χ3n) is 6.48. The van der Waals surface area contributed by atoms with Gasteiger partial charge in [0.15, 0.2) is 5.11 Å². The summed E-state index contributed by atoms with van der Waals surface area (Å²) in [6.07, 6.45) is 9.77. The number of benzene rings is 2. The molecule has 4 rings (SSSR count). The molecule has 0 unspecified atom stereocenters. The third kappa shape index (κ3) is 5.05. The zero-order valence-corrected chi connectivity index (χ0v) is 20.5. The van der Waals surface area contributed by atoms with Gasteiger partial charge < -0.3 is 19.5 Å². The van der Waals surface area contributed by atoms with Gasteiger partial charge in [0.05, 0.1) is 12.8 Å². The first-order valence-corrected chi connectivity index (χ1v) is 12.4. The van der Waals surface area contributed by atoms with E-state index in [0.29, 0.717) is 16.8 Å². The van der Waals surface area contributed by atoms with Crippen LogP contribution in [0.2, 0.25) is 5.02 Å².